The van der Waals surface area contributed by atoms with E-state index in [1.165, 1.54) is 5.41 Å². The van der Waals surface area contributed by atoms with Crippen LogP contribution in [-0.4, -0.2) is 50.3 Å². The molecule has 21 heavy (non-hydrogen) atoms. The minimum atomic E-state index is -3.32. The van der Waals surface area contributed by atoms with Crippen molar-refractivity contribution in [3.63, 3.8) is 0 Å². The van der Waals surface area contributed by atoms with E-state index in [9.17, 15) is 8.42 Å². The van der Waals surface area contributed by atoms with Gasteiger partial charge in [-0.25, -0.2) is 8.42 Å². The van der Waals surface area contributed by atoms with Crippen LogP contribution in [0.15, 0.2) is 35.7 Å². The van der Waals surface area contributed by atoms with E-state index >= 15 is 0 Å². The molecule has 0 aromatic heterocycles. The topological polar surface area (TPSA) is 40.6 Å². The fourth-order valence-corrected chi connectivity index (χ4v) is 3.78. The predicted molar refractivity (Wildman–Crippen MR) is 87.3 cm³/mol. The van der Waals surface area contributed by atoms with Crippen LogP contribution < -0.4 is 0 Å². The summed E-state index contributed by atoms with van der Waals surface area (Å²) in [5.41, 5.74) is 0.906. The minimum absolute atomic E-state index is 0.585. The Bertz CT molecular complexity index is 555. The second kappa shape index (κ2) is 7.73. The van der Waals surface area contributed by atoms with Gasteiger partial charge < -0.3 is 4.90 Å². The first-order chi connectivity index (χ1) is 10.1. The van der Waals surface area contributed by atoms with E-state index < -0.39 is 10.0 Å². The summed E-state index contributed by atoms with van der Waals surface area (Å²) in [5.74, 6) is 0. The van der Waals surface area contributed by atoms with Gasteiger partial charge in [-0.15, -0.1) is 0 Å². The van der Waals surface area contributed by atoms with Crippen LogP contribution in [0.5, 0.6) is 0 Å². The molecule has 1 fully saturated rings. The highest BCUT2D eigenvalue weighted by Gasteiger charge is 2.22. The van der Waals surface area contributed by atoms with E-state index in [4.69, 9.17) is 0 Å². The van der Waals surface area contributed by atoms with Gasteiger partial charge in [0.05, 0.1) is 0 Å². The SMILES string of the molecule is CCCN1CCCN(S(=O)(=O)C=Cc2ccccc2)CC1. The van der Waals surface area contributed by atoms with Crippen molar-refractivity contribution in [3.8, 4) is 0 Å². The van der Waals surface area contributed by atoms with E-state index in [1.54, 1.807) is 10.4 Å². The third-order valence-electron chi connectivity index (χ3n) is 3.68. The van der Waals surface area contributed by atoms with Crippen LogP contribution in [0.25, 0.3) is 6.08 Å². The third kappa shape index (κ3) is 4.95. The molecule has 0 spiro atoms. The van der Waals surface area contributed by atoms with Gasteiger partial charge in [0.2, 0.25) is 10.0 Å². The number of sulfonamides is 1. The lowest BCUT2D eigenvalue weighted by atomic mass is 10.2. The molecule has 1 heterocycles. The van der Waals surface area contributed by atoms with Crippen LogP contribution in [0.2, 0.25) is 0 Å². The lowest BCUT2D eigenvalue weighted by molar-refractivity contribution is 0.287. The summed E-state index contributed by atoms with van der Waals surface area (Å²) < 4.78 is 26.4. The number of rotatable bonds is 5. The van der Waals surface area contributed by atoms with E-state index in [1.807, 2.05) is 30.3 Å². The maximum Gasteiger partial charge on any atom is 0.236 e. The van der Waals surface area contributed by atoms with E-state index in [-0.39, 0.29) is 0 Å². The van der Waals surface area contributed by atoms with Gasteiger partial charge in [0, 0.05) is 25.0 Å². The largest absolute Gasteiger partial charge is 0.302 e. The molecule has 1 aromatic rings. The normalized spacial score (nSPS) is 18.9. The fourth-order valence-electron chi connectivity index (χ4n) is 2.56. The van der Waals surface area contributed by atoms with Crippen molar-refractivity contribution < 1.29 is 8.42 Å². The minimum Gasteiger partial charge on any atom is -0.302 e. The Balaban J connectivity index is 2.01. The van der Waals surface area contributed by atoms with Gasteiger partial charge in [-0.3, -0.25) is 0 Å². The van der Waals surface area contributed by atoms with Gasteiger partial charge in [0.25, 0.3) is 0 Å². The summed E-state index contributed by atoms with van der Waals surface area (Å²) in [6.45, 7) is 6.22. The lowest BCUT2D eigenvalue weighted by Gasteiger charge is -2.20. The first-order valence-corrected chi connectivity index (χ1v) is 9.08. The van der Waals surface area contributed by atoms with Crippen molar-refractivity contribution >= 4 is 16.1 Å². The summed E-state index contributed by atoms with van der Waals surface area (Å²) in [5, 5.41) is 1.33. The second-order valence-electron chi connectivity index (χ2n) is 5.35. The fraction of sp³-hybridized carbons (Fsp3) is 0.500. The number of hydrogen-bond acceptors (Lipinski definition) is 3. The molecule has 116 valence electrons. The predicted octanol–water partition coefficient (Wildman–Crippen LogP) is 2.40. The molecule has 0 saturated carbocycles. The lowest BCUT2D eigenvalue weighted by Crippen LogP contribution is -2.34. The van der Waals surface area contributed by atoms with Crippen LogP contribution in [0, 0.1) is 0 Å². The Kier molecular flexibility index (Phi) is 5.96. The Morgan fingerprint density at radius 1 is 1.10 bits per heavy atom. The highest BCUT2D eigenvalue weighted by molar-refractivity contribution is 7.92. The molecule has 1 saturated heterocycles. The Labute approximate surface area is 128 Å². The Morgan fingerprint density at radius 2 is 1.86 bits per heavy atom. The average molecular weight is 308 g/mol. The molecule has 5 heteroatoms. The van der Waals surface area contributed by atoms with Crippen LogP contribution in [0.4, 0.5) is 0 Å². The second-order valence-corrected chi connectivity index (χ2v) is 7.17. The standard InChI is InChI=1S/C16H24N2O2S/c1-2-10-17-11-6-12-18(14-13-17)21(19,20)15-9-16-7-4-3-5-8-16/h3-5,7-9,15H,2,6,10-14H2,1H3. The Morgan fingerprint density at radius 3 is 2.57 bits per heavy atom. The van der Waals surface area contributed by atoms with E-state index in [0.717, 1.165) is 38.0 Å². The highest BCUT2D eigenvalue weighted by atomic mass is 32.2. The smallest absolute Gasteiger partial charge is 0.236 e. The molecule has 0 radical (unpaired) electrons. The van der Waals surface area contributed by atoms with Crippen LogP contribution in [0.3, 0.4) is 0 Å². The van der Waals surface area contributed by atoms with Crippen molar-refractivity contribution in [3.05, 3.63) is 41.3 Å². The van der Waals surface area contributed by atoms with Crippen molar-refractivity contribution in [1.82, 2.24) is 9.21 Å². The number of benzene rings is 1. The van der Waals surface area contributed by atoms with E-state index in [2.05, 4.69) is 11.8 Å². The number of hydrogen-bond donors (Lipinski definition) is 0. The molecule has 0 bridgehead atoms. The molecule has 0 amide bonds. The molecule has 0 unspecified atom stereocenters. The summed E-state index contributed by atoms with van der Waals surface area (Å²) in [4.78, 5) is 2.34. The van der Waals surface area contributed by atoms with Crippen molar-refractivity contribution in [2.75, 3.05) is 32.7 Å². The van der Waals surface area contributed by atoms with Gasteiger partial charge >= 0.3 is 0 Å². The molecular weight excluding hydrogens is 284 g/mol. The van der Waals surface area contributed by atoms with Gasteiger partial charge in [-0.1, -0.05) is 37.3 Å². The summed E-state index contributed by atoms with van der Waals surface area (Å²) >= 11 is 0. The van der Waals surface area contributed by atoms with Crippen LogP contribution >= 0.6 is 0 Å². The Hall–Kier alpha value is -1.17. The summed E-state index contributed by atoms with van der Waals surface area (Å²) in [6.07, 6.45) is 3.68. The van der Waals surface area contributed by atoms with Gasteiger partial charge in [0.15, 0.2) is 0 Å². The molecule has 1 aliphatic rings. The molecular formula is C16H24N2O2S. The van der Waals surface area contributed by atoms with Crippen LogP contribution in [0.1, 0.15) is 25.3 Å². The van der Waals surface area contributed by atoms with Crippen molar-refractivity contribution in [1.29, 1.82) is 0 Å². The van der Waals surface area contributed by atoms with Crippen molar-refractivity contribution in [2.45, 2.75) is 19.8 Å². The molecule has 0 N–H and O–H groups in total. The highest BCUT2D eigenvalue weighted by Crippen LogP contribution is 2.12. The summed E-state index contributed by atoms with van der Waals surface area (Å²) in [7, 11) is -3.32. The average Bonchev–Trinajstić information content (AvgIpc) is 2.73. The van der Waals surface area contributed by atoms with Gasteiger partial charge in [-0.2, -0.15) is 4.31 Å². The zero-order chi connectivity index (χ0) is 15.1. The molecule has 1 aliphatic heterocycles. The maximum absolute atomic E-state index is 12.4. The van der Waals surface area contributed by atoms with Crippen LogP contribution in [-0.2, 0) is 10.0 Å². The molecule has 0 aliphatic carbocycles. The number of nitrogens with zero attached hydrogens (tertiary/aromatic N) is 2. The maximum atomic E-state index is 12.4. The third-order valence-corrected chi connectivity index (χ3v) is 5.24. The molecule has 0 atom stereocenters. The quantitative estimate of drug-likeness (QED) is 0.839. The molecule has 1 aromatic carbocycles. The first-order valence-electron chi connectivity index (χ1n) is 7.57. The zero-order valence-electron chi connectivity index (χ0n) is 12.6. The molecule has 4 nitrogen and oxygen atoms in total. The van der Waals surface area contributed by atoms with Crippen molar-refractivity contribution in [2.24, 2.45) is 0 Å². The van der Waals surface area contributed by atoms with Gasteiger partial charge in [-0.05, 0) is 37.6 Å². The molecule has 2 rings (SSSR count). The monoisotopic (exact) mass is 308 g/mol. The summed E-state index contributed by atoms with van der Waals surface area (Å²) in [6, 6.07) is 9.53. The zero-order valence-corrected chi connectivity index (χ0v) is 13.4. The first kappa shape index (κ1) is 16.2. The van der Waals surface area contributed by atoms with E-state index in [0.29, 0.717) is 13.1 Å². The van der Waals surface area contributed by atoms with Gasteiger partial charge in [0.1, 0.15) is 0 Å².